The van der Waals surface area contributed by atoms with Crippen LogP contribution in [0.4, 0.5) is 0 Å². The number of hydrogen-bond donors (Lipinski definition) is 6. The third-order valence-electron chi connectivity index (χ3n) is 6.61. The number of rotatable bonds is 20. The summed E-state index contributed by atoms with van der Waals surface area (Å²) in [7, 11) is 0. The van der Waals surface area contributed by atoms with E-state index in [2.05, 4.69) is 19.2 Å². The molecule has 7 unspecified atom stereocenters. The molecular weight excluding hydrogens is 466 g/mol. The number of ether oxygens (including phenoxy) is 2. The first-order valence-corrected chi connectivity index (χ1v) is 13.9. The number of carbonyl (C=O) groups is 1. The molecule has 7 atom stereocenters. The summed E-state index contributed by atoms with van der Waals surface area (Å²) in [4.78, 5) is 12.6. The van der Waals surface area contributed by atoms with Crippen molar-refractivity contribution in [3.05, 3.63) is 12.2 Å². The quantitative estimate of drug-likeness (QED) is 0.106. The molecule has 1 aliphatic heterocycles. The van der Waals surface area contributed by atoms with Crippen molar-refractivity contribution < 1.29 is 39.8 Å². The Kier molecular flexibility index (Phi) is 18.3. The van der Waals surface area contributed by atoms with E-state index < -0.39 is 49.5 Å². The summed E-state index contributed by atoms with van der Waals surface area (Å²) in [5.41, 5.74) is 0. The van der Waals surface area contributed by atoms with E-state index in [-0.39, 0.29) is 12.5 Å². The molecule has 1 rings (SSSR count). The Morgan fingerprint density at radius 1 is 0.917 bits per heavy atom. The number of unbranched alkanes of at least 4 members (excludes halogenated alkanes) is 10. The van der Waals surface area contributed by atoms with E-state index in [9.17, 15) is 30.3 Å². The minimum absolute atomic E-state index is 0.188. The molecule has 1 heterocycles. The van der Waals surface area contributed by atoms with Crippen LogP contribution in [-0.4, -0.2) is 87.5 Å². The zero-order chi connectivity index (χ0) is 26.8. The molecule has 9 heteroatoms. The number of nitrogens with one attached hydrogen (secondary N) is 1. The SMILES string of the molecule is CCCCCC/C=C/C(O)C(COC1OC(CO)C(O)C(O)C1O)NC(=O)CCCCCCCCC. The molecule has 6 N–H and O–H groups in total. The normalized spacial score (nSPS) is 26.2. The van der Waals surface area contributed by atoms with Gasteiger partial charge in [0.25, 0.3) is 0 Å². The smallest absolute Gasteiger partial charge is 0.220 e. The first-order chi connectivity index (χ1) is 17.3. The summed E-state index contributed by atoms with van der Waals surface area (Å²) >= 11 is 0. The molecule has 0 aliphatic carbocycles. The van der Waals surface area contributed by atoms with Crippen molar-refractivity contribution in [2.24, 2.45) is 0 Å². The van der Waals surface area contributed by atoms with Crippen LogP contribution in [0.3, 0.4) is 0 Å². The minimum Gasteiger partial charge on any atom is -0.394 e. The van der Waals surface area contributed by atoms with Crippen LogP contribution in [0.25, 0.3) is 0 Å². The third-order valence-corrected chi connectivity index (χ3v) is 6.61. The molecule has 0 spiro atoms. The van der Waals surface area contributed by atoms with Gasteiger partial charge in [0.2, 0.25) is 5.91 Å². The summed E-state index contributed by atoms with van der Waals surface area (Å²) in [5, 5.41) is 53.1. The van der Waals surface area contributed by atoms with Gasteiger partial charge in [0.05, 0.1) is 25.4 Å². The number of allylic oxidation sites excluding steroid dienone is 1. The number of aliphatic hydroxyl groups is 5. The Bertz CT molecular complexity index is 588. The lowest BCUT2D eigenvalue weighted by molar-refractivity contribution is -0.302. The number of hydrogen-bond acceptors (Lipinski definition) is 8. The van der Waals surface area contributed by atoms with Crippen LogP contribution in [-0.2, 0) is 14.3 Å². The molecule has 1 aliphatic rings. The minimum atomic E-state index is -1.56. The van der Waals surface area contributed by atoms with Crippen LogP contribution in [0, 0.1) is 0 Å². The van der Waals surface area contributed by atoms with E-state index in [1.165, 1.54) is 32.1 Å². The Morgan fingerprint density at radius 3 is 2.17 bits per heavy atom. The van der Waals surface area contributed by atoms with Gasteiger partial charge in [-0.15, -0.1) is 0 Å². The fourth-order valence-electron chi connectivity index (χ4n) is 4.21. The molecule has 1 saturated heterocycles. The second-order valence-electron chi connectivity index (χ2n) is 9.84. The van der Waals surface area contributed by atoms with Gasteiger partial charge in [-0.25, -0.2) is 0 Å². The lowest BCUT2D eigenvalue weighted by Gasteiger charge is -2.40. The summed E-state index contributed by atoms with van der Waals surface area (Å²) < 4.78 is 11.0. The maximum absolute atomic E-state index is 12.6. The lowest BCUT2D eigenvalue weighted by atomic mass is 9.99. The predicted molar refractivity (Wildman–Crippen MR) is 138 cm³/mol. The molecule has 0 saturated carbocycles. The molecule has 0 radical (unpaired) electrons. The van der Waals surface area contributed by atoms with Crippen LogP contribution in [0.15, 0.2) is 12.2 Å². The Labute approximate surface area is 216 Å². The fourth-order valence-corrected chi connectivity index (χ4v) is 4.21. The van der Waals surface area contributed by atoms with Crippen molar-refractivity contribution in [1.82, 2.24) is 5.32 Å². The van der Waals surface area contributed by atoms with Crippen LogP contribution in [0.1, 0.15) is 97.3 Å². The zero-order valence-electron chi connectivity index (χ0n) is 22.3. The van der Waals surface area contributed by atoms with Crippen molar-refractivity contribution in [2.75, 3.05) is 13.2 Å². The van der Waals surface area contributed by atoms with Gasteiger partial charge in [-0.05, 0) is 19.3 Å². The van der Waals surface area contributed by atoms with Crippen LogP contribution in [0.5, 0.6) is 0 Å². The largest absolute Gasteiger partial charge is 0.394 e. The van der Waals surface area contributed by atoms with Crippen molar-refractivity contribution >= 4 is 5.91 Å². The van der Waals surface area contributed by atoms with Crippen molar-refractivity contribution in [3.63, 3.8) is 0 Å². The van der Waals surface area contributed by atoms with Crippen molar-refractivity contribution in [1.29, 1.82) is 0 Å². The third kappa shape index (κ3) is 12.9. The fraction of sp³-hybridized carbons (Fsp3) is 0.889. The standard InChI is InChI=1S/C27H51NO8/c1-3-5-7-9-11-13-15-17-23(31)28-20(21(30)16-14-12-10-8-6-4-2)19-35-27-26(34)25(33)24(32)22(18-29)36-27/h14,16,20-22,24-27,29-30,32-34H,3-13,15,17-19H2,1-2H3,(H,28,31)/b16-14+. The maximum Gasteiger partial charge on any atom is 0.220 e. The van der Waals surface area contributed by atoms with E-state index in [1.54, 1.807) is 6.08 Å². The van der Waals surface area contributed by atoms with E-state index in [4.69, 9.17) is 9.47 Å². The molecular formula is C27H51NO8. The van der Waals surface area contributed by atoms with Crippen LogP contribution in [0.2, 0.25) is 0 Å². The summed E-state index contributed by atoms with van der Waals surface area (Å²) in [6, 6.07) is -0.790. The molecule has 1 fully saturated rings. The summed E-state index contributed by atoms with van der Waals surface area (Å²) in [6.07, 6.45) is 8.81. The first kappa shape index (κ1) is 33.0. The van der Waals surface area contributed by atoms with Crippen LogP contribution < -0.4 is 5.32 Å². The molecule has 0 aromatic carbocycles. The van der Waals surface area contributed by atoms with Gasteiger partial charge in [0.15, 0.2) is 6.29 Å². The number of carbonyl (C=O) groups excluding carboxylic acids is 1. The average molecular weight is 518 g/mol. The topological polar surface area (TPSA) is 149 Å². The monoisotopic (exact) mass is 517 g/mol. The highest BCUT2D eigenvalue weighted by molar-refractivity contribution is 5.76. The van der Waals surface area contributed by atoms with Gasteiger partial charge in [0, 0.05) is 6.42 Å². The highest BCUT2D eigenvalue weighted by Gasteiger charge is 2.44. The Balaban J connectivity index is 2.63. The molecule has 0 aromatic heterocycles. The second kappa shape index (κ2) is 20.0. The molecule has 36 heavy (non-hydrogen) atoms. The highest BCUT2D eigenvalue weighted by Crippen LogP contribution is 2.22. The van der Waals surface area contributed by atoms with Crippen LogP contribution >= 0.6 is 0 Å². The first-order valence-electron chi connectivity index (χ1n) is 13.9. The highest BCUT2D eigenvalue weighted by atomic mass is 16.7. The molecule has 0 bridgehead atoms. The summed E-state index contributed by atoms with van der Waals surface area (Å²) in [5.74, 6) is -0.193. The molecule has 1 amide bonds. The van der Waals surface area contributed by atoms with Gasteiger partial charge in [0.1, 0.15) is 24.4 Å². The van der Waals surface area contributed by atoms with E-state index in [0.29, 0.717) is 6.42 Å². The van der Waals surface area contributed by atoms with Gasteiger partial charge in [-0.1, -0.05) is 83.8 Å². The van der Waals surface area contributed by atoms with Gasteiger partial charge >= 0.3 is 0 Å². The average Bonchev–Trinajstić information content (AvgIpc) is 2.87. The van der Waals surface area contributed by atoms with E-state index >= 15 is 0 Å². The summed E-state index contributed by atoms with van der Waals surface area (Å²) in [6.45, 7) is 3.58. The van der Waals surface area contributed by atoms with Crippen molar-refractivity contribution in [3.8, 4) is 0 Å². The van der Waals surface area contributed by atoms with Gasteiger partial charge < -0.3 is 40.3 Å². The van der Waals surface area contributed by atoms with E-state index in [0.717, 1.165) is 44.9 Å². The Morgan fingerprint density at radius 2 is 1.53 bits per heavy atom. The number of amides is 1. The van der Waals surface area contributed by atoms with E-state index in [1.807, 2.05) is 6.08 Å². The maximum atomic E-state index is 12.6. The lowest BCUT2D eigenvalue weighted by Crippen LogP contribution is -2.60. The molecule has 0 aromatic rings. The second-order valence-corrected chi connectivity index (χ2v) is 9.84. The number of aliphatic hydroxyl groups excluding tert-OH is 5. The van der Waals surface area contributed by atoms with Gasteiger partial charge in [-0.2, -0.15) is 0 Å². The van der Waals surface area contributed by atoms with Crippen molar-refractivity contribution in [2.45, 2.75) is 140 Å². The Hall–Kier alpha value is -1.07. The van der Waals surface area contributed by atoms with Gasteiger partial charge in [-0.3, -0.25) is 4.79 Å². The molecule has 9 nitrogen and oxygen atoms in total. The predicted octanol–water partition coefficient (Wildman–Crippen LogP) is 2.32. The zero-order valence-corrected chi connectivity index (χ0v) is 22.3. The molecule has 212 valence electrons.